The Morgan fingerprint density at radius 2 is 1.97 bits per heavy atom. The van der Waals surface area contributed by atoms with E-state index in [0.29, 0.717) is 24.1 Å². The van der Waals surface area contributed by atoms with Crippen LogP contribution in [0.15, 0.2) is 42.6 Å². The number of fused-ring (bicyclic) bond motifs is 1. The highest BCUT2D eigenvalue weighted by atomic mass is 35.5. The Labute approximate surface area is 198 Å². The molecule has 2 aromatic carbocycles. The van der Waals surface area contributed by atoms with Crippen molar-refractivity contribution in [1.82, 2.24) is 9.88 Å². The molecule has 0 aliphatic carbocycles. The average molecular weight is 475 g/mol. The van der Waals surface area contributed by atoms with Crippen LogP contribution in [0.4, 0.5) is 8.78 Å². The molecule has 4 nitrogen and oxygen atoms in total. The summed E-state index contributed by atoms with van der Waals surface area (Å²) < 4.78 is 37.8. The number of halogens is 3. The molecule has 1 fully saturated rings. The predicted molar refractivity (Wildman–Crippen MR) is 127 cm³/mol. The number of pyridine rings is 1. The molecule has 0 unspecified atom stereocenters. The Kier molecular flexibility index (Phi) is 7.99. The van der Waals surface area contributed by atoms with Crippen LogP contribution in [-0.4, -0.2) is 43.2 Å². The maximum atomic E-state index is 13.7. The minimum atomic E-state index is -0.920. The Hall–Kier alpha value is -2.44. The lowest BCUT2D eigenvalue weighted by Crippen LogP contribution is -2.36. The summed E-state index contributed by atoms with van der Waals surface area (Å²) in [4.78, 5) is 6.76. The monoisotopic (exact) mass is 474 g/mol. The summed E-state index contributed by atoms with van der Waals surface area (Å²) in [6.07, 6.45) is 7.14. The minimum Gasteiger partial charge on any atom is -0.497 e. The number of benzene rings is 2. The van der Waals surface area contributed by atoms with Gasteiger partial charge in [0.15, 0.2) is 11.6 Å². The van der Waals surface area contributed by atoms with E-state index in [4.69, 9.17) is 21.1 Å². The van der Waals surface area contributed by atoms with E-state index in [9.17, 15) is 8.78 Å². The smallest absolute Gasteiger partial charge is 0.200 e. The molecule has 0 saturated carbocycles. The zero-order chi connectivity index (χ0) is 23.2. The molecule has 7 heteroatoms. The van der Waals surface area contributed by atoms with E-state index in [1.165, 1.54) is 12.1 Å². The molecule has 0 bridgehead atoms. The second kappa shape index (κ2) is 11.1. The fourth-order valence-electron chi connectivity index (χ4n) is 4.53. The van der Waals surface area contributed by atoms with E-state index in [0.717, 1.165) is 73.5 Å². The Bertz CT molecular complexity index is 1090. The lowest BCUT2D eigenvalue weighted by Gasteiger charge is -2.31. The van der Waals surface area contributed by atoms with Crippen molar-refractivity contribution >= 4 is 22.5 Å². The van der Waals surface area contributed by atoms with E-state index in [1.807, 2.05) is 18.2 Å². The summed E-state index contributed by atoms with van der Waals surface area (Å²) in [6, 6.07) is 9.90. The van der Waals surface area contributed by atoms with Gasteiger partial charge in [-0.05, 0) is 80.6 Å². The van der Waals surface area contributed by atoms with Crippen molar-refractivity contribution in [3.05, 3.63) is 64.8 Å². The Balaban J connectivity index is 1.22. The SMILES string of the molecule is COc1ccc2ncc(Cl)c(CCCC3CCN(CCOc4cccc(F)c4F)CC3)c2c1. The maximum Gasteiger partial charge on any atom is 0.200 e. The number of aromatic nitrogens is 1. The van der Waals surface area contributed by atoms with Gasteiger partial charge in [-0.1, -0.05) is 24.1 Å². The topological polar surface area (TPSA) is 34.6 Å². The number of hydrogen-bond acceptors (Lipinski definition) is 4. The minimum absolute atomic E-state index is 0.0233. The van der Waals surface area contributed by atoms with Crippen molar-refractivity contribution in [2.75, 3.05) is 33.4 Å². The van der Waals surface area contributed by atoms with E-state index in [2.05, 4.69) is 9.88 Å². The molecule has 2 heterocycles. The predicted octanol–water partition coefficient (Wildman–Crippen LogP) is 6.29. The fourth-order valence-corrected chi connectivity index (χ4v) is 4.77. The number of hydrogen-bond donors (Lipinski definition) is 0. The van der Waals surface area contributed by atoms with Gasteiger partial charge in [0.05, 0.1) is 17.6 Å². The molecule has 0 atom stereocenters. The highest BCUT2D eigenvalue weighted by molar-refractivity contribution is 6.32. The van der Waals surface area contributed by atoms with Gasteiger partial charge in [0.1, 0.15) is 12.4 Å². The molecule has 0 amide bonds. The third kappa shape index (κ3) is 5.92. The number of piperidine rings is 1. The normalized spacial score (nSPS) is 15.2. The standard InChI is InChI=1S/C26H29ClF2N2O2/c1-32-19-8-9-24-21(16-19)20(22(27)17-30-24)5-2-4-18-10-12-31(13-11-18)14-15-33-25-7-3-6-23(28)26(25)29/h3,6-9,16-18H,2,4-5,10-15H2,1H3. The number of nitrogens with zero attached hydrogens (tertiary/aromatic N) is 2. The van der Waals surface area contributed by atoms with Crippen LogP contribution in [0.2, 0.25) is 5.02 Å². The third-order valence-electron chi connectivity index (χ3n) is 6.46. The van der Waals surface area contributed by atoms with Crippen LogP contribution in [0.1, 0.15) is 31.2 Å². The number of ether oxygens (including phenoxy) is 2. The quantitative estimate of drug-likeness (QED) is 0.365. The van der Waals surface area contributed by atoms with E-state index < -0.39 is 11.6 Å². The Morgan fingerprint density at radius 1 is 1.15 bits per heavy atom. The molecule has 1 aliphatic rings. The molecule has 0 radical (unpaired) electrons. The van der Waals surface area contributed by atoms with Gasteiger partial charge in [-0.25, -0.2) is 4.39 Å². The molecule has 0 spiro atoms. The van der Waals surface area contributed by atoms with Gasteiger partial charge in [-0.15, -0.1) is 0 Å². The molecule has 1 aliphatic heterocycles. The summed E-state index contributed by atoms with van der Waals surface area (Å²) in [5, 5.41) is 1.77. The molecule has 3 aromatic rings. The summed E-state index contributed by atoms with van der Waals surface area (Å²) in [5.74, 6) is -0.330. The van der Waals surface area contributed by atoms with Gasteiger partial charge in [0, 0.05) is 18.1 Å². The van der Waals surface area contributed by atoms with Gasteiger partial charge >= 0.3 is 0 Å². The van der Waals surface area contributed by atoms with E-state index in [1.54, 1.807) is 13.3 Å². The van der Waals surface area contributed by atoms with Crippen LogP contribution in [0.25, 0.3) is 10.9 Å². The lowest BCUT2D eigenvalue weighted by atomic mass is 9.90. The number of likely N-dealkylation sites (tertiary alicyclic amines) is 1. The summed E-state index contributed by atoms with van der Waals surface area (Å²) in [7, 11) is 1.66. The van der Waals surface area contributed by atoms with Crippen molar-refractivity contribution in [2.24, 2.45) is 5.92 Å². The molecular formula is C26H29ClF2N2O2. The number of aryl methyl sites for hydroxylation is 1. The van der Waals surface area contributed by atoms with Gasteiger partial charge in [0.2, 0.25) is 5.82 Å². The first-order chi connectivity index (χ1) is 16.0. The van der Waals surface area contributed by atoms with Gasteiger partial charge in [-0.2, -0.15) is 4.39 Å². The molecule has 176 valence electrons. The van der Waals surface area contributed by atoms with Crippen LogP contribution >= 0.6 is 11.6 Å². The van der Waals surface area contributed by atoms with Crippen LogP contribution < -0.4 is 9.47 Å². The van der Waals surface area contributed by atoms with Crippen molar-refractivity contribution in [1.29, 1.82) is 0 Å². The summed E-state index contributed by atoms with van der Waals surface area (Å²) in [6.45, 7) is 3.05. The lowest BCUT2D eigenvalue weighted by molar-refractivity contribution is 0.148. The summed E-state index contributed by atoms with van der Waals surface area (Å²) in [5.41, 5.74) is 2.07. The number of rotatable bonds is 9. The van der Waals surface area contributed by atoms with Crippen LogP contribution in [0.3, 0.4) is 0 Å². The highest BCUT2D eigenvalue weighted by Crippen LogP contribution is 2.30. The average Bonchev–Trinajstić information content (AvgIpc) is 2.83. The van der Waals surface area contributed by atoms with Gasteiger partial charge < -0.3 is 9.47 Å². The van der Waals surface area contributed by atoms with Crippen LogP contribution in [0, 0.1) is 17.6 Å². The van der Waals surface area contributed by atoms with Gasteiger partial charge in [-0.3, -0.25) is 9.88 Å². The second-order valence-electron chi connectivity index (χ2n) is 8.55. The maximum absolute atomic E-state index is 13.7. The zero-order valence-corrected chi connectivity index (χ0v) is 19.6. The van der Waals surface area contributed by atoms with Crippen molar-refractivity contribution in [2.45, 2.75) is 32.1 Å². The van der Waals surface area contributed by atoms with E-state index in [-0.39, 0.29) is 5.75 Å². The molecule has 1 saturated heterocycles. The third-order valence-corrected chi connectivity index (χ3v) is 6.79. The highest BCUT2D eigenvalue weighted by Gasteiger charge is 2.19. The zero-order valence-electron chi connectivity index (χ0n) is 18.8. The first kappa shape index (κ1) is 23.7. The van der Waals surface area contributed by atoms with E-state index >= 15 is 0 Å². The second-order valence-corrected chi connectivity index (χ2v) is 8.95. The number of methoxy groups -OCH3 is 1. The van der Waals surface area contributed by atoms with Crippen molar-refractivity contribution in [3.8, 4) is 11.5 Å². The fraction of sp³-hybridized carbons (Fsp3) is 0.423. The molecule has 0 N–H and O–H groups in total. The molecule has 33 heavy (non-hydrogen) atoms. The molecule has 4 rings (SSSR count). The van der Waals surface area contributed by atoms with Crippen molar-refractivity contribution in [3.63, 3.8) is 0 Å². The van der Waals surface area contributed by atoms with Crippen LogP contribution in [-0.2, 0) is 6.42 Å². The molecular weight excluding hydrogens is 446 g/mol. The summed E-state index contributed by atoms with van der Waals surface area (Å²) >= 11 is 6.48. The van der Waals surface area contributed by atoms with Crippen LogP contribution in [0.5, 0.6) is 11.5 Å². The van der Waals surface area contributed by atoms with Gasteiger partial charge in [0.25, 0.3) is 0 Å². The molecule has 1 aromatic heterocycles. The Morgan fingerprint density at radius 3 is 2.76 bits per heavy atom. The van der Waals surface area contributed by atoms with Crippen molar-refractivity contribution < 1.29 is 18.3 Å². The largest absolute Gasteiger partial charge is 0.497 e. The first-order valence-electron chi connectivity index (χ1n) is 11.5. The first-order valence-corrected chi connectivity index (χ1v) is 11.8.